The van der Waals surface area contributed by atoms with Crippen LogP contribution in [0.4, 0.5) is 0 Å². The second-order valence-corrected chi connectivity index (χ2v) is 1.73. The number of aliphatic hydroxyl groups excluding tert-OH is 1. The van der Waals surface area contributed by atoms with Crippen LogP contribution in [0.3, 0.4) is 0 Å². The van der Waals surface area contributed by atoms with Crippen molar-refractivity contribution in [3.8, 4) is 11.8 Å². The molecule has 0 amide bonds. The van der Waals surface area contributed by atoms with Gasteiger partial charge in [-0.1, -0.05) is 5.92 Å². The predicted octanol–water partition coefficient (Wildman–Crippen LogP) is 0.535. The quantitative estimate of drug-likeness (QED) is 0.436. The third kappa shape index (κ3) is 1.21. The Kier molecular flexibility index (Phi) is 1.33. The SMILES string of the molecule is OC1C#CCCC1. The van der Waals surface area contributed by atoms with Gasteiger partial charge in [-0.25, -0.2) is 0 Å². The predicted molar refractivity (Wildman–Crippen MR) is 27.6 cm³/mol. The molecule has 0 spiro atoms. The van der Waals surface area contributed by atoms with Crippen molar-refractivity contribution in [3.63, 3.8) is 0 Å². The lowest BCUT2D eigenvalue weighted by Gasteiger charge is -2.03. The van der Waals surface area contributed by atoms with E-state index >= 15 is 0 Å². The fraction of sp³-hybridized carbons (Fsp3) is 0.667. The molecule has 0 radical (unpaired) electrons. The lowest BCUT2D eigenvalue weighted by atomic mass is 10.1. The van der Waals surface area contributed by atoms with Crippen LogP contribution in [0.25, 0.3) is 0 Å². The molecule has 1 unspecified atom stereocenters. The van der Waals surface area contributed by atoms with Gasteiger partial charge in [-0.3, -0.25) is 0 Å². The third-order valence-electron chi connectivity index (χ3n) is 1.05. The van der Waals surface area contributed by atoms with Crippen molar-refractivity contribution < 1.29 is 5.11 Å². The molecule has 1 N–H and O–H groups in total. The van der Waals surface area contributed by atoms with E-state index < -0.39 is 0 Å². The first-order valence-corrected chi connectivity index (χ1v) is 2.56. The average molecular weight is 96.1 g/mol. The molecule has 1 heteroatoms. The van der Waals surface area contributed by atoms with Crippen LogP contribution in [0.5, 0.6) is 0 Å². The van der Waals surface area contributed by atoms with Gasteiger partial charge in [0.1, 0.15) is 6.10 Å². The highest BCUT2D eigenvalue weighted by Crippen LogP contribution is 2.02. The molecule has 7 heavy (non-hydrogen) atoms. The van der Waals surface area contributed by atoms with E-state index in [1.54, 1.807) is 0 Å². The second-order valence-electron chi connectivity index (χ2n) is 1.73. The molecule has 0 fully saturated rings. The molecule has 0 bridgehead atoms. The summed E-state index contributed by atoms with van der Waals surface area (Å²) in [5.74, 6) is 5.52. The molecule has 1 atom stereocenters. The lowest BCUT2D eigenvalue weighted by molar-refractivity contribution is 0.216. The molecule has 0 aromatic carbocycles. The molecular weight excluding hydrogens is 88.1 g/mol. The average Bonchev–Trinajstić information content (AvgIpc) is 1.69. The van der Waals surface area contributed by atoms with Crippen LogP contribution in [0.2, 0.25) is 0 Å². The molecule has 0 aromatic heterocycles. The van der Waals surface area contributed by atoms with Crippen LogP contribution in [0.15, 0.2) is 0 Å². The zero-order chi connectivity index (χ0) is 5.11. The van der Waals surface area contributed by atoms with Gasteiger partial charge in [-0.15, -0.1) is 5.92 Å². The Morgan fingerprint density at radius 1 is 1.57 bits per heavy atom. The van der Waals surface area contributed by atoms with Gasteiger partial charge in [0.25, 0.3) is 0 Å². The van der Waals surface area contributed by atoms with Crippen molar-refractivity contribution >= 4 is 0 Å². The van der Waals surface area contributed by atoms with E-state index in [1.165, 1.54) is 0 Å². The van der Waals surface area contributed by atoms with Crippen molar-refractivity contribution in [1.29, 1.82) is 0 Å². The Bertz CT molecular complexity index is 107. The maximum atomic E-state index is 8.74. The Hall–Kier alpha value is -0.480. The van der Waals surface area contributed by atoms with Gasteiger partial charge in [0, 0.05) is 6.42 Å². The van der Waals surface area contributed by atoms with Crippen LogP contribution < -0.4 is 0 Å². The van der Waals surface area contributed by atoms with Gasteiger partial charge >= 0.3 is 0 Å². The minimum Gasteiger partial charge on any atom is -0.380 e. The van der Waals surface area contributed by atoms with Gasteiger partial charge < -0.3 is 5.11 Å². The van der Waals surface area contributed by atoms with E-state index in [0.717, 1.165) is 19.3 Å². The Morgan fingerprint density at radius 2 is 2.43 bits per heavy atom. The molecule has 0 saturated carbocycles. The normalized spacial score (nSPS) is 28.4. The van der Waals surface area contributed by atoms with Crippen molar-refractivity contribution in [2.45, 2.75) is 25.4 Å². The van der Waals surface area contributed by atoms with Gasteiger partial charge in [0.15, 0.2) is 0 Å². The molecule has 0 saturated heterocycles. The van der Waals surface area contributed by atoms with Gasteiger partial charge in [0.05, 0.1) is 0 Å². The summed E-state index contributed by atoms with van der Waals surface area (Å²) < 4.78 is 0. The first kappa shape index (κ1) is 4.67. The Morgan fingerprint density at radius 3 is 2.71 bits per heavy atom. The van der Waals surface area contributed by atoms with Crippen LogP contribution in [0.1, 0.15) is 19.3 Å². The van der Waals surface area contributed by atoms with Crippen LogP contribution in [-0.4, -0.2) is 11.2 Å². The number of hydrogen-bond acceptors (Lipinski definition) is 1. The molecule has 1 aliphatic carbocycles. The second kappa shape index (κ2) is 1.99. The smallest absolute Gasteiger partial charge is 0.114 e. The summed E-state index contributed by atoms with van der Waals surface area (Å²) in [5.41, 5.74) is 0. The van der Waals surface area contributed by atoms with Crippen molar-refractivity contribution in [1.82, 2.24) is 0 Å². The topological polar surface area (TPSA) is 20.2 Å². The molecule has 0 heterocycles. The summed E-state index contributed by atoms with van der Waals surface area (Å²) in [4.78, 5) is 0. The first-order chi connectivity index (χ1) is 3.39. The lowest BCUT2D eigenvalue weighted by Crippen LogP contribution is -2.04. The molecule has 1 rings (SSSR count). The van der Waals surface area contributed by atoms with Gasteiger partial charge in [-0.05, 0) is 12.8 Å². The third-order valence-corrected chi connectivity index (χ3v) is 1.05. The van der Waals surface area contributed by atoms with E-state index in [4.69, 9.17) is 5.11 Å². The highest BCUT2D eigenvalue weighted by molar-refractivity contribution is 5.07. The van der Waals surface area contributed by atoms with E-state index in [0.29, 0.717) is 0 Å². The Balaban J connectivity index is 2.45. The molecule has 0 aromatic rings. The highest BCUT2D eigenvalue weighted by Gasteiger charge is 2.00. The summed E-state index contributed by atoms with van der Waals surface area (Å²) >= 11 is 0. The van der Waals surface area contributed by atoms with E-state index in [1.807, 2.05) is 0 Å². The van der Waals surface area contributed by atoms with Crippen molar-refractivity contribution in [2.75, 3.05) is 0 Å². The van der Waals surface area contributed by atoms with E-state index in [2.05, 4.69) is 11.8 Å². The van der Waals surface area contributed by atoms with Crippen LogP contribution in [0, 0.1) is 11.8 Å². The molecule has 1 nitrogen and oxygen atoms in total. The van der Waals surface area contributed by atoms with Crippen molar-refractivity contribution in [2.24, 2.45) is 0 Å². The molecular formula is C6H8O. The fourth-order valence-corrected chi connectivity index (χ4v) is 0.646. The summed E-state index contributed by atoms with van der Waals surface area (Å²) in [5, 5.41) is 8.74. The molecule has 38 valence electrons. The molecule has 0 aliphatic heterocycles. The minimum absolute atomic E-state index is 0.325. The summed E-state index contributed by atoms with van der Waals surface area (Å²) in [7, 11) is 0. The van der Waals surface area contributed by atoms with Gasteiger partial charge in [0.2, 0.25) is 0 Å². The van der Waals surface area contributed by atoms with Crippen LogP contribution >= 0.6 is 0 Å². The maximum Gasteiger partial charge on any atom is 0.114 e. The van der Waals surface area contributed by atoms with Crippen LogP contribution in [-0.2, 0) is 0 Å². The van der Waals surface area contributed by atoms with Crippen molar-refractivity contribution in [3.05, 3.63) is 0 Å². The maximum absolute atomic E-state index is 8.74. The standard InChI is InChI=1S/C6H8O/c7-6-4-2-1-3-5-6/h6-7H,1-2,4H2. The Labute approximate surface area is 43.4 Å². The number of rotatable bonds is 0. The summed E-state index contributed by atoms with van der Waals surface area (Å²) in [6, 6.07) is 0. The number of hydrogen-bond donors (Lipinski definition) is 1. The largest absolute Gasteiger partial charge is 0.380 e. The number of aliphatic hydroxyl groups is 1. The minimum atomic E-state index is -0.325. The summed E-state index contributed by atoms with van der Waals surface area (Å²) in [6.45, 7) is 0. The zero-order valence-corrected chi connectivity index (χ0v) is 4.15. The monoisotopic (exact) mass is 96.1 g/mol. The van der Waals surface area contributed by atoms with E-state index in [9.17, 15) is 0 Å². The zero-order valence-electron chi connectivity index (χ0n) is 4.15. The molecule has 1 aliphatic rings. The first-order valence-electron chi connectivity index (χ1n) is 2.56. The summed E-state index contributed by atoms with van der Waals surface area (Å²) in [6.07, 6.45) is 2.58. The highest BCUT2D eigenvalue weighted by atomic mass is 16.3. The van der Waals surface area contributed by atoms with E-state index in [-0.39, 0.29) is 6.10 Å². The fourth-order valence-electron chi connectivity index (χ4n) is 0.646. The van der Waals surface area contributed by atoms with Gasteiger partial charge in [-0.2, -0.15) is 0 Å².